The largest absolute Gasteiger partial charge is 0.386 e. The number of nitrogens with one attached hydrogen (secondary N) is 1. The molecule has 1 N–H and O–H groups in total. The fourth-order valence-electron chi connectivity index (χ4n) is 1.92. The van der Waals surface area contributed by atoms with Crippen molar-refractivity contribution in [1.82, 2.24) is 5.32 Å². The Morgan fingerprint density at radius 1 is 1.10 bits per heavy atom. The summed E-state index contributed by atoms with van der Waals surface area (Å²) in [5.41, 5.74) is 3.66. The van der Waals surface area contributed by atoms with Crippen LogP contribution in [0, 0.1) is 6.92 Å². The lowest BCUT2D eigenvalue weighted by atomic mass is 10.0. The molecule has 0 aromatic heterocycles. The van der Waals surface area contributed by atoms with Crippen molar-refractivity contribution < 1.29 is 4.79 Å². The summed E-state index contributed by atoms with van der Waals surface area (Å²) in [6, 6.07) is 15.2. The molecule has 0 saturated heterocycles. The van der Waals surface area contributed by atoms with Crippen LogP contribution in [0.2, 0.25) is 5.02 Å². The minimum Gasteiger partial charge on any atom is -0.386 e. The average molecular weight is 300 g/mol. The highest BCUT2D eigenvalue weighted by molar-refractivity contribution is 6.30. The SMILES string of the molecule is CC(=CNCc1ccc(Cl)cc1)C(=O)c1ccc(C)cc1. The third-order valence-electron chi connectivity index (χ3n) is 3.21. The van der Waals surface area contributed by atoms with Crippen LogP contribution in [0.15, 0.2) is 60.3 Å². The fourth-order valence-corrected chi connectivity index (χ4v) is 2.05. The molecule has 0 aliphatic heterocycles. The van der Waals surface area contributed by atoms with Gasteiger partial charge in [-0.1, -0.05) is 53.6 Å². The third kappa shape index (κ3) is 4.47. The van der Waals surface area contributed by atoms with Gasteiger partial charge in [0.25, 0.3) is 0 Å². The van der Waals surface area contributed by atoms with E-state index in [0.717, 1.165) is 16.1 Å². The minimum absolute atomic E-state index is 0.0404. The van der Waals surface area contributed by atoms with Gasteiger partial charge in [0.1, 0.15) is 0 Å². The predicted molar refractivity (Wildman–Crippen MR) is 87.6 cm³/mol. The van der Waals surface area contributed by atoms with Crippen LogP contribution < -0.4 is 5.32 Å². The van der Waals surface area contributed by atoms with E-state index in [9.17, 15) is 4.79 Å². The maximum atomic E-state index is 12.2. The molecule has 3 heteroatoms. The summed E-state index contributed by atoms with van der Waals surface area (Å²) >= 11 is 5.84. The number of aryl methyl sites for hydroxylation is 1. The Balaban J connectivity index is 1.95. The van der Waals surface area contributed by atoms with Crippen LogP contribution in [0.5, 0.6) is 0 Å². The molecular formula is C18H18ClNO. The second-order valence-electron chi connectivity index (χ2n) is 5.03. The summed E-state index contributed by atoms with van der Waals surface area (Å²) in [5.74, 6) is 0.0404. The zero-order valence-corrected chi connectivity index (χ0v) is 12.9. The number of rotatable bonds is 5. The Labute approximate surface area is 130 Å². The molecule has 0 aliphatic rings. The number of carbonyl (C=O) groups is 1. The molecule has 0 unspecified atom stereocenters. The molecule has 108 valence electrons. The van der Waals surface area contributed by atoms with Crippen molar-refractivity contribution in [2.75, 3.05) is 0 Å². The highest BCUT2D eigenvalue weighted by Gasteiger charge is 2.07. The van der Waals surface area contributed by atoms with Gasteiger partial charge in [0.2, 0.25) is 0 Å². The van der Waals surface area contributed by atoms with Gasteiger partial charge in [-0.05, 0) is 31.5 Å². The molecule has 2 rings (SSSR count). The molecular weight excluding hydrogens is 282 g/mol. The molecule has 0 heterocycles. The second-order valence-corrected chi connectivity index (χ2v) is 5.47. The van der Waals surface area contributed by atoms with Crippen molar-refractivity contribution >= 4 is 17.4 Å². The molecule has 0 fully saturated rings. The van der Waals surface area contributed by atoms with Crippen molar-refractivity contribution in [2.45, 2.75) is 20.4 Å². The Kier molecular flexibility index (Phi) is 5.18. The van der Waals surface area contributed by atoms with Crippen molar-refractivity contribution in [3.8, 4) is 0 Å². The van der Waals surface area contributed by atoms with E-state index in [2.05, 4.69) is 5.32 Å². The van der Waals surface area contributed by atoms with E-state index in [-0.39, 0.29) is 5.78 Å². The Morgan fingerprint density at radius 2 is 1.71 bits per heavy atom. The first-order valence-corrected chi connectivity index (χ1v) is 7.20. The van der Waals surface area contributed by atoms with E-state index in [0.29, 0.717) is 17.7 Å². The minimum atomic E-state index is 0.0404. The van der Waals surface area contributed by atoms with E-state index < -0.39 is 0 Å². The summed E-state index contributed by atoms with van der Waals surface area (Å²) < 4.78 is 0. The molecule has 0 spiro atoms. The lowest BCUT2D eigenvalue weighted by molar-refractivity contribution is 0.103. The van der Waals surface area contributed by atoms with E-state index in [1.54, 1.807) is 6.20 Å². The van der Waals surface area contributed by atoms with E-state index >= 15 is 0 Å². The topological polar surface area (TPSA) is 29.1 Å². The molecule has 21 heavy (non-hydrogen) atoms. The summed E-state index contributed by atoms with van der Waals surface area (Å²) in [5, 5.41) is 3.88. The molecule has 0 radical (unpaired) electrons. The van der Waals surface area contributed by atoms with Gasteiger partial charge in [0, 0.05) is 28.9 Å². The molecule has 2 aromatic carbocycles. The summed E-state index contributed by atoms with van der Waals surface area (Å²) in [6.07, 6.45) is 1.76. The monoisotopic (exact) mass is 299 g/mol. The number of hydrogen-bond acceptors (Lipinski definition) is 2. The Hall–Kier alpha value is -2.06. The average Bonchev–Trinajstić information content (AvgIpc) is 2.49. The Bertz CT molecular complexity index is 642. The standard InChI is InChI=1S/C18H18ClNO/c1-13-3-7-16(8-4-13)18(21)14(2)11-20-12-15-5-9-17(19)10-6-15/h3-11,20H,12H2,1-2H3. The Morgan fingerprint density at radius 3 is 2.33 bits per heavy atom. The molecule has 0 bridgehead atoms. The molecule has 2 aromatic rings. The van der Waals surface area contributed by atoms with Gasteiger partial charge >= 0.3 is 0 Å². The van der Waals surface area contributed by atoms with Gasteiger partial charge in [-0.25, -0.2) is 0 Å². The maximum absolute atomic E-state index is 12.2. The van der Waals surface area contributed by atoms with E-state index in [1.165, 1.54) is 0 Å². The summed E-state index contributed by atoms with van der Waals surface area (Å²) in [7, 11) is 0. The summed E-state index contributed by atoms with van der Waals surface area (Å²) in [6.45, 7) is 4.48. The molecule has 0 atom stereocenters. The van der Waals surface area contributed by atoms with Gasteiger partial charge in [0.05, 0.1) is 0 Å². The lowest BCUT2D eigenvalue weighted by Gasteiger charge is -2.05. The van der Waals surface area contributed by atoms with Crippen LogP contribution in [0.1, 0.15) is 28.4 Å². The fraction of sp³-hybridized carbons (Fsp3) is 0.167. The van der Waals surface area contributed by atoms with Crippen molar-refractivity contribution in [3.05, 3.63) is 82.0 Å². The highest BCUT2D eigenvalue weighted by Crippen LogP contribution is 2.11. The van der Waals surface area contributed by atoms with Crippen molar-refractivity contribution in [1.29, 1.82) is 0 Å². The van der Waals surface area contributed by atoms with Crippen LogP contribution in [0.3, 0.4) is 0 Å². The number of carbonyl (C=O) groups excluding carboxylic acids is 1. The molecule has 2 nitrogen and oxygen atoms in total. The van der Waals surface area contributed by atoms with Crippen molar-refractivity contribution in [3.63, 3.8) is 0 Å². The highest BCUT2D eigenvalue weighted by atomic mass is 35.5. The number of ketones is 1. The quantitative estimate of drug-likeness (QED) is 0.649. The van der Waals surface area contributed by atoms with Gasteiger partial charge < -0.3 is 5.32 Å². The lowest BCUT2D eigenvalue weighted by Crippen LogP contribution is -2.09. The van der Waals surface area contributed by atoms with Gasteiger partial charge in [-0.15, -0.1) is 0 Å². The van der Waals surface area contributed by atoms with Crippen molar-refractivity contribution in [2.24, 2.45) is 0 Å². The number of hydrogen-bond donors (Lipinski definition) is 1. The normalized spacial score (nSPS) is 11.3. The number of Topliss-reactive ketones (excluding diaryl/α,β-unsaturated/α-hetero) is 1. The third-order valence-corrected chi connectivity index (χ3v) is 3.46. The molecule has 0 saturated carbocycles. The first kappa shape index (κ1) is 15.3. The van der Waals surface area contributed by atoms with E-state index in [1.807, 2.05) is 62.4 Å². The first-order valence-electron chi connectivity index (χ1n) is 6.82. The van der Waals surface area contributed by atoms with Crippen LogP contribution in [0.25, 0.3) is 0 Å². The summed E-state index contributed by atoms with van der Waals surface area (Å²) in [4.78, 5) is 12.2. The molecule has 0 aliphatic carbocycles. The van der Waals surface area contributed by atoms with Crippen LogP contribution >= 0.6 is 11.6 Å². The smallest absolute Gasteiger partial charge is 0.190 e. The zero-order valence-electron chi connectivity index (χ0n) is 12.2. The zero-order chi connectivity index (χ0) is 15.2. The van der Waals surface area contributed by atoms with Gasteiger partial charge in [-0.2, -0.15) is 0 Å². The van der Waals surface area contributed by atoms with Gasteiger partial charge in [-0.3, -0.25) is 4.79 Å². The van der Waals surface area contributed by atoms with E-state index in [4.69, 9.17) is 11.6 Å². The van der Waals surface area contributed by atoms with Crippen LogP contribution in [0.4, 0.5) is 0 Å². The van der Waals surface area contributed by atoms with Gasteiger partial charge in [0.15, 0.2) is 5.78 Å². The number of halogens is 1. The predicted octanol–water partition coefficient (Wildman–Crippen LogP) is 4.52. The molecule has 0 amide bonds. The number of benzene rings is 2. The van der Waals surface area contributed by atoms with Crippen LogP contribution in [-0.4, -0.2) is 5.78 Å². The maximum Gasteiger partial charge on any atom is 0.190 e. The van der Waals surface area contributed by atoms with Crippen LogP contribution in [-0.2, 0) is 6.54 Å². The first-order chi connectivity index (χ1) is 10.1. The second kappa shape index (κ2) is 7.09. The number of allylic oxidation sites excluding steroid dienone is 1.